The predicted molar refractivity (Wildman–Crippen MR) is 51.1 cm³/mol. The van der Waals surface area contributed by atoms with E-state index in [1.807, 2.05) is 0 Å². The molecule has 1 aromatic rings. The average molecular weight is 213 g/mol. The lowest BCUT2D eigenvalue weighted by atomic mass is 10.0. The second-order valence-electron chi connectivity index (χ2n) is 3.05. The van der Waals surface area contributed by atoms with Crippen molar-refractivity contribution in [3.8, 4) is 5.75 Å². The molecule has 2 atom stereocenters. The molecule has 0 spiro atoms. The normalized spacial score (nSPS) is 14.5. The Morgan fingerprint density at radius 3 is 2.40 bits per heavy atom. The van der Waals surface area contributed by atoms with E-state index in [0.29, 0.717) is 0 Å². The molecule has 0 aliphatic heterocycles. The van der Waals surface area contributed by atoms with Crippen molar-refractivity contribution in [3.05, 3.63) is 23.8 Å². The Labute approximate surface area is 85.2 Å². The van der Waals surface area contributed by atoms with E-state index < -0.39 is 18.2 Å². The molecule has 6 nitrogen and oxygen atoms in total. The van der Waals surface area contributed by atoms with Gasteiger partial charge in [0.15, 0.2) is 6.10 Å². The molecular weight excluding hydrogens is 202 g/mol. The van der Waals surface area contributed by atoms with Gasteiger partial charge in [-0.1, -0.05) is 6.07 Å². The molecule has 6 N–H and O–H groups in total. The summed E-state index contributed by atoms with van der Waals surface area (Å²) in [5.41, 5.74) is 5.47. The Morgan fingerprint density at radius 1 is 1.33 bits per heavy atom. The van der Waals surface area contributed by atoms with Gasteiger partial charge in [0.2, 0.25) is 0 Å². The molecule has 6 heteroatoms. The second kappa shape index (κ2) is 4.16. The predicted octanol–water partition coefficient (Wildman–Crippen LogP) is -0.547. The highest BCUT2D eigenvalue weighted by Crippen LogP contribution is 2.25. The maximum Gasteiger partial charge on any atom is 0.335 e. The Bertz CT molecular complexity index is 379. The number of nitrogen functional groups attached to an aromatic ring is 1. The summed E-state index contributed by atoms with van der Waals surface area (Å²) in [6.45, 7) is 0. The van der Waals surface area contributed by atoms with Crippen molar-refractivity contribution in [1.82, 2.24) is 0 Å². The van der Waals surface area contributed by atoms with Gasteiger partial charge in [-0.15, -0.1) is 0 Å². The quantitative estimate of drug-likeness (QED) is 0.339. The van der Waals surface area contributed by atoms with Crippen LogP contribution >= 0.6 is 0 Å². The van der Waals surface area contributed by atoms with Crippen LogP contribution < -0.4 is 5.73 Å². The molecule has 1 rings (SSSR count). The van der Waals surface area contributed by atoms with Gasteiger partial charge >= 0.3 is 5.97 Å². The SMILES string of the molecule is Nc1cc(C(O)C(O)C(=O)O)ccc1O. The monoisotopic (exact) mass is 213 g/mol. The number of benzene rings is 1. The topological polar surface area (TPSA) is 124 Å². The fourth-order valence-corrected chi connectivity index (χ4v) is 1.07. The van der Waals surface area contributed by atoms with Crippen LogP contribution in [0.5, 0.6) is 5.75 Å². The molecule has 0 radical (unpaired) electrons. The number of nitrogens with two attached hydrogens (primary N) is 1. The Morgan fingerprint density at radius 2 is 1.93 bits per heavy atom. The zero-order valence-electron chi connectivity index (χ0n) is 7.66. The number of carboxylic acids is 1. The number of rotatable bonds is 3. The van der Waals surface area contributed by atoms with Crippen LogP contribution in [0.1, 0.15) is 11.7 Å². The van der Waals surface area contributed by atoms with Crippen LogP contribution in [0.25, 0.3) is 0 Å². The molecule has 0 saturated heterocycles. The van der Waals surface area contributed by atoms with Crippen molar-refractivity contribution < 1.29 is 25.2 Å². The number of carbonyl (C=O) groups is 1. The molecule has 2 unspecified atom stereocenters. The van der Waals surface area contributed by atoms with Crippen molar-refractivity contribution in [2.75, 3.05) is 5.73 Å². The summed E-state index contributed by atoms with van der Waals surface area (Å²) >= 11 is 0. The van der Waals surface area contributed by atoms with Crippen LogP contribution in [0.3, 0.4) is 0 Å². The Balaban J connectivity index is 2.96. The number of phenolic OH excluding ortho intramolecular Hbond substituents is 1. The van der Waals surface area contributed by atoms with Crippen molar-refractivity contribution >= 4 is 11.7 Å². The molecule has 15 heavy (non-hydrogen) atoms. The van der Waals surface area contributed by atoms with Gasteiger partial charge in [0.05, 0.1) is 5.69 Å². The highest BCUT2D eigenvalue weighted by Gasteiger charge is 2.25. The van der Waals surface area contributed by atoms with Gasteiger partial charge in [-0.05, 0) is 17.7 Å². The van der Waals surface area contributed by atoms with Gasteiger partial charge in [0.1, 0.15) is 11.9 Å². The van der Waals surface area contributed by atoms with Gasteiger partial charge in [0.25, 0.3) is 0 Å². The minimum Gasteiger partial charge on any atom is -0.506 e. The second-order valence-corrected chi connectivity index (χ2v) is 3.05. The lowest BCUT2D eigenvalue weighted by molar-refractivity contribution is -0.153. The number of hydrogen-bond acceptors (Lipinski definition) is 5. The van der Waals surface area contributed by atoms with Crippen LogP contribution in [0.2, 0.25) is 0 Å². The summed E-state index contributed by atoms with van der Waals surface area (Å²) < 4.78 is 0. The van der Waals surface area contributed by atoms with Crippen LogP contribution in [0.15, 0.2) is 18.2 Å². The summed E-state index contributed by atoms with van der Waals surface area (Å²) in [4.78, 5) is 10.4. The standard InChI is InChI=1S/C9H11NO5/c10-5-3-4(1-2-6(5)11)7(12)8(13)9(14)15/h1-3,7-8,11-13H,10H2,(H,14,15). The van der Waals surface area contributed by atoms with E-state index in [1.165, 1.54) is 18.2 Å². The van der Waals surface area contributed by atoms with Gasteiger partial charge < -0.3 is 26.2 Å². The molecule has 0 bridgehead atoms. The number of hydrogen-bond donors (Lipinski definition) is 5. The third-order valence-electron chi connectivity index (χ3n) is 1.95. The van der Waals surface area contributed by atoms with Crippen molar-refractivity contribution in [2.24, 2.45) is 0 Å². The van der Waals surface area contributed by atoms with Crippen LogP contribution in [0.4, 0.5) is 5.69 Å². The first-order chi connectivity index (χ1) is 6.93. The summed E-state index contributed by atoms with van der Waals surface area (Å²) in [6.07, 6.45) is -3.50. The first-order valence-electron chi connectivity index (χ1n) is 4.11. The summed E-state index contributed by atoms with van der Waals surface area (Å²) in [5.74, 6) is -1.70. The molecule has 0 amide bonds. The largest absolute Gasteiger partial charge is 0.506 e. The lowest BCUT2D eigenvalue weighted by Gasteiger charge is -2.14. The molecule has 0 aromatic heterocycles. The van der Waals surface area contributed by atoms with Crippen LogP contribution in [-0.4, -0.2) is 32.5 Å². The fraction of sp³-hybridized carbons (Fsp3) is 0.222. The number of aliphatic hydroxyl groups is 2. The first-order valence-corrected chi connectivity index (χ1v) is 4.11. The average Bonchev–Trinajstić information content (AvgIpc) is 2.19. The van der Waals surface area contributed by atoms with E-state index in [1.54, 1.807) is 0 Å². The molecular formula is C9H11NO5. The molecule has 82 valence electrons. The minimum atomic E-state index is -1.92. The molecule has 0 heterocycles. The summed E-state index contributed by atoms with van der Waals surface area (Å²) in [5, 5.41) is 36.0. The maximum absolute atomic E-state index is 10.4. The highest BCUT2D eigenvalue weighted by atomic mass is 16.4. The fourth-order valence-electron chi connectivity index (χ4n) is 1.07. The third kappa shape index (κ3) is 2.36. The van der Waals surface area contributed by atoms with Crippen molar-refractivity contribution in [3.63, 3.8) is 0 Å². The minimum absolute atomic E-state index is 0.00383. The van der Waals surface area contributed by atoms with Gasteiger partial charge in [0, 0.05) is 0 Å². The van der Waals surface area contributed by atoms with Crippen LogP contribution in [0, 0.1) is 0 Å². The number of aliphatic carboxylic acids is 1. The van der Waals surface area contributed by atoms with E-state index >= 15 is 0 Å². The van der Waals surface area contributed by atoms with E-state index in [9.17, 15) is 9.90 Å². The van der Waals surface area contributed by atoms with E-state index in [2.05, 4.69) is 0 Å². The summed E-state index contributed by atoms with van der Waals surface area (Å²) in [7, 11) is 0. The first kappa shape index (κ1) is 11.3. The van der Waals surface area contributed by atoms with E-state index in [-0.39, 0.29) is 17.0 Å². The highest BCUT2D eigenvalue weighted by molar-refractivity contribution is 5.73. The van der Waals surface area contributed by atoms with Gasteiger partial charge in [-0.3, -0.25) is 0 Å². The van der Waals surface area contributed by atoms with E-state index in [4.69, 9.17) is 21.1 Å². The number of carboxylic acid groups (broad SMARTS) is 1. The van der Waals surface area contributed by atoms with Crippen molar-refractivity contribution in [1.29, 1.82) is 0 Å². The molecule has 0 saturated carbocycles. The molecule has 0 aliphatic carbocycles. The van der Waals surface area contributed by atoms with Crippen molar-refractivity contribution in [2.45, 2.75) is 12.2 Å². The van der Waals surface area contributed by atoms with Gasteiger partial charge in [-0.25, -0.2) is 4.79 Å². The smallest absolute Gasteiger partial charge is 0.335 e. The Hall–Kier alpha value is -1.79. The summed E-state index contributed by atoms with van der Waals surface area (Å²) in [6, 6.07) is 3.69. The zero-order valence-corrected chi connectivity index (χ0v) is 7.66. The molecule has 0 fully saturated rings. The lowest BCUT2D eigenvalue weighted by Crippen LogP contribution is -2.27. The third-order valence-corrected chi connectivity index (χ3v) is 1.95. The van der Waals surface area contributed by atoms with Crippen LogP contribution in [-0.2, 0) is 4.79 Å². The number of aliphatic hydroxyl groups excluding tert-OH is 2. The Kier molecular flexibility index (Phi) is 3.13. The number of aromatic hydroxyl groups is 1. The van der Waals surface area contributed by atoms with Gasteiger partial charge in [-0.2, -0.15) is 0 Å². The number of anilines is 1. The number of phenols is 1. The molecule has 0 aliphatic rings. The maximum atomic E-state index is 10.4. The zero-order chi connectivity index (χ0) is 11.6. The van der Waals surface area contributed by atoms with E-state index in [0.717, 1.165) is 0 Å². The molecule has 1 aromatic carbocycles.